The van der Waals surface area contributed by atoms with Gasteiger partial charge in [-0.3, -0.25) is 4.79 Å². The Kier molecular flexibility index (Phi) is 8.49. The van der Waals surface area contributed by atoms with E-state index in [0.717, 1.165) is 21.7 Å². The lowest BCUT2D eigenvalue weighted by Gasteiger charge is -2.07. The second-order valence-corrected chi connectivity index (χ2v) is 7.50. The number of nitrogens with zero attached hydrogens (tertiary/aromatic N) is 2. The third kappa shape index (κ3) is 6.32. The van der Waals surface area contributed by atoms with Crippen molar-refractivity contribution in [1.29, 1.82) is 0 Å². The van der Waals surface area contributed by atoms with Crippen molar-refractivity contribution in [2.45, 2.75) is 27.3 Å². The first kappa shape index (κ1) is 22.8. The van der Waals surface area contributed by atoms with Gasteiger partial charge in [0.1, 0.15) is 17.2 Å². The normalized spacial score (nSPS) is 11.6. The maximum absolute atomic E-state index is 12.5. The van der Waals surface area contributed by atoms with Crippen molar-refractivity contribution in [1.82, 2.24) is 4.57 Å². The molecule has 166 valence electrons. The van der Waals surface area contributed by atoms with Crippen LogP contribution in [0.4, 0.5) is 0 Å². The van der Waals surface area contributed by atoms with E-state index in [1.807, 2.05) is 55.7 Å². The Morgan fingerprint density at radius 2 is 1.55 bits per heavy atom. The summed E-state index contributed by atoms with van der Waals surface area (Å²) in [5.41, 5.74) is 0.993. The monoisotopic (exact) mass is 444 g/mol. The SMILES string of the molecule is CCOCCn1c(=NC(=O)COc2ccc(OCC)cc2)sc2cc(OCC)ccc21. The van der Waals surface area contributed by atoms with Crippen LogP contribution in [0.15, 0.2) is 47.5 Å². The van der Waals surface area contributed by atoms with E-state index in [4.69, 9.17) is 18.9 Å². The number of carbonyl (C=O) groups excluding carboxylic acids is 1. The van der Waals surface area contributed by atoms with Crippen molar-refractivity contribution in [2.24, 2.45) is 4.99 Å². The fourth-order valence-electron chi connectivity index (χ4n) is 2.99. The number of carbonyl (C=O) groups is 1. The van der Waals surface area contributed by atoms with Gasteiger partial charge in [0, 0.05) is 13.2 Å². The highest BCUT2D eigenvalue weighted by molar-refractivity contribution is 7.16. The number of aromatic nitrogens is 1. The summed E-state index contributed by atoms with van der Waals surface area (Å²) < 4.78 is 25.1. The number of amides is 1. The maximum atomic E-state index is 12.5. The van der Waals surface area contributed by atoms with Gasteiger partial charge >= 0.3 is 0 Å². The number of hydrogen-bond acceptors (Lipinski definition) is 6. The van der Waals surface area contributed by atoms with Crippen molar-refractivity contribution < 1.29 is 23.7 Å². The number of fused-ring (bicyclic) bond motifs is 1. The second kappa shape index (κ2) is 11.5. The number of thiazole rings is 1. The molecule has 0 radical (unpaired) electrons. The van der Waals surface area contributed by atoms with E-state index in [0.29, 0.717) is 43.5 Å². The quantitative estimate of drug-likeness (QED) is 0.418. The highest BCUT2D eigenvalue weighted by Gasteiger charge is 2.10. The van der Waals surface area contributed by atoms with E-state index in [1.165, 1.54) is 11.3 Å². The van der Waals surface area contributed by atoms with Crippen molar-refractivity contribution >= 4 is 27.5 Å². The fraction of sp³-hybridized carbons (Fsp3) is 0.391. The molecule has 0 saturated carbocycles. The van der Waals surface area contributed by atoms with E-state index in [1.54, 1.807) is 12.1 Å². The van der Waals surface area contributed by atoms with Gasteiger partial charge in [-0.2, -0.15) is 4.99 Å². The van der Waals surface area contributed by atoms with Crippen LogP contribution in [0, 0.1) is 0 Å². The van der Waals surface area contributed by atoms with Crippen LogP contribution in [0.25, 0.3) is 10.2 Å². The van der Waals surface area contributed by atoms with Crippen LogP contribution >= 0.6 is 11.3 Å². The molecule has 1 heterocycles. The first-order chi connectivity index (χ1) is 15.1. The molecule has 0 spiro atoms. The molecule has 0 atom stereocenters. The number of hydrogen-bond donors (Lipinski definition) is 0. The van der Waals surface area contributed by atoms with Gasteiger partial charge in [0.2, 0.25) is 0 Å². The molecule has 3 aromatic rings. The second-order valence-electron chi connectivity index (χ2n) is 6.49. The minimum Gasteiger partial charge on any atom is -0.494 e. The summed E-state index contributed by atoms with van der Waals surface area (Å²) in [6.07, 6.45) is 0. The summed E-state index contributed by atoms with van der Waals surface area (Å²) in [6, 6.07) is 13.1. The van der Waals surface area contributed by atoms with Crippen LogP contribution < -0.4 is 19.0 Å². The van der Waals surface area contributed by atoms with Gasteiger partial charge in [0.15, 0.2) is 11.4 Å². The van der Waals surface area contributed by atoms with Crippen LogP contribution in [0.3, 0.4) is 0 Å². The fourth-order valence-corrected chi connectivity index (χ4v) is 4.10. The van der Waals surface area contributed by atoms with Gasteiger partial charge in [-0.25, -0.2) is 0 Å². The molecule has 1 aromatic heterocycles. The molecule has 3 rings (SSSR count). The molecule has 8 heteroatoms. The lowest BCUT2D eigenvalue weighted by atomic mass is 10.3. The summed E-state index contributed by atoms with van der Waals surface area (Å²) in [5, 5.41) is 0. The zero-order valence-electron chi connectivity index (χ0n) is 18.1. The molecule has 0 unspecified atom stereocenters. The highest BCUT2D eigenvalue weighted by atomic mass is 32.1. The minimum absolute atomic E-state index is 0.141. The Hall–Kier alpha value is -2.84. The molecule has 1 amide bonds. The molecule has 0 bridgehead atoms. The summed E-state index contributed by atoms with van der Waals surface area (Å²) in [5.74, 6) is 1.80. The smallest absolute Gasteiger partial charge is 0.286 e. The third-order valence-corrected chi connectivity index (χ3v) is 5.39. The number of rotatable bonds is 11. The molecular weight excluding hydrogens is 416 g/mol. The predicted molar refractivity (Wildman–Crippen MR) is 121 cm³/mol. The first-order valence-electron chi connectivity index (χ1n) is 10.4. The van der Waals surface area contributed by atoms with Crippen molar-refractivity contribution in [3.63, 3.8) is 0 Å². The Labute approximate surface area is 185 Å². The Morgan fingerprint density at radius 3 is 2.23 bits per heavy atom. The Morgan fingerprint density at radius 1 is 0.903 bits per heavy atom. The average molecular weight is 445 g/mol. The van der Waals surface area contributed by atoms with E-state index >= 15 is 0 Å². The van der Waals surface area contributed by atoms with Gasteiger partial charge in [-0.1, -0.05) is 11.3 Å². The topological polar surface area (TPSA) is 71.3 Å². The van der Waals surface area contributed by atoms with Gasteiger partial charge in [0.05, 0.1) is 30.0 Å². The van der Waals surface area contributed by atoms with Gasteiger partial charge in [0.25, 0.3) is 5.91 Å². The molecule has 0 fully saturated rings. The number of ether oxygens (including phenoxy) is 4. The molecule has 2 aromatic carbocycles. The molecule has 7 nitrogen and oxygen atoms in total. The zero-order chi connectivity index (χ0) is 22.1. The standard InChI is InChI=1S/C23H28N2O5S/c1-4-27-14-13-25-20-12-11-19(29-6-3)15-21(20)31-23(25)24-22(26)16-30-18-9-7-17(8-10-18)28-5-2/h7-12,15H,4-6,13-14,16H2,1-3H3. The molecule has 0 aliphatic carbocycles. The van der Waals surface area contributed by atoms with E-state index < -0.39 is 0 Å². The van der Waals surface area contributed by atoms with Crippen LogP contribution in [0.5, 0.6) is 17.2 Å². The van der Waals surface area contributed by atoms with E-state index in [2.05, 4.69) is 4.99 Å². The van der Waals surface area contributed by atoms with E-state index in [-0.39, 0.29) is 12.5 Å². The van der Waals surface area contributed by atoms with Crippen LogP contribution in [-0.2, 0) is 16.1 Å². The predicted octanol–water partition coefficient (Wildman–Crippen LogP) is 4.04. The van der Waals surface area contributed by atoms with Gasteiger partial charge in [-0.15, -0.1) is 0 Å². The molecule has 0 saturated heterocycles. The highest BCUT2D eigenvalue weighted by Crippen LogP contribution is 2.23. The van der Waals surface area contributed by atoms with Crippen molar-refractivity contribution in [3.05, 3.63) is 47.3 Å². The zero-order valence-corrected chi connectivity index (χ0v) is 18.9. The van der Waals surface area contributed by atoms with Crippen LogP contribution in [-0.4, -0.2) is 43.5 Å². The summed E-state index contributed by atoms with van der Waals surface area (Å²) in [7, 11) is 0. The van der Waals surface area contributed by atoms with Gasteiger partial charge < -0.3 is 23.5 Å². The molecule has 0 aliphatic rings. The summed E-state index contributed by atoms with van der Waals surface area (Å²) in [4.78, 5) is 17.4. The lowest BCUT2D eigenvalue weighted by molar-refractivity contribution is -0.120. The Bertz CT molecular complexity index is 1060. The maximum Gasteiger partial charge on any atom is 0.286 e. The summed E-state index contributed by atoms with van der Waals surface area (Å²) in [6.45, 7) is 8.67. The average Bonchev–Trinajstić information content (AvgIpc) is 3.10. The molecular formula is C23H28N2O5S. The van der Waals surface area contributed by atoms with Crippen LogP contribution in [0.2, 0.25) is 0 Å². The third-order valence-electron chi connectivity index (χ3n) is 4.35. The number of benzene rings is 2. The lowest BCUT2D eigenvalue weighted by Crippen LogP contribution is -2.21. The molecule has 0 aliphatic heterocycles. The van der Waals surface area contributed by atoms with Gasteiger partial charge in [-0.05, 0) is 63.2 Å². The largest absolute Gasteiger partial charge is 0.494 e. The van der Waals surface area contributed by atoms with Crippen LogP contribution in [0.1, 0.15) is 20.8 Å². The first-order valence-corrected chi connectivity index (χ1v) is 11.2. The van der Waals surface area contributed by atoms with Crippen molar-refractivity contribution in [2.75, 3.05) is 33.0 Å². The minimum atomic E-state index is -0.351. The Balaban J connectivity index is 1.79. The van der Waals surface area contributed by atoms with E-state index in [9.17, 15) is 4.79 Å². The molecule has 0 N–H and O–H groups in total. The molecule has 31 heavy (non-hydrogen) atoms. The van der Waals surface area contributed by atoms with Crippen molar-refractivity contribution in [3.8, 4) is 17.2 Å². The summed E-state index contributed by atoms with van der Waals surface area (Å²) >= 11 is 1.45.